The van der Waals surface area contributed by atoms with Crippen LogP contribution in [-0.4, -0.2) is 40.7 Å². The largest absolute Gasteiger partial charge is 0.390 e. The highest BCUT2D eigenvalue weighted by molar-refractivity contribution is 5.93. The molecule has 1 aliphatic carbocycles. The summed E-state index contributed by atoms with van der Waals surface area (Å²) in [7, 11) is 0. The van der Waals surface area contributed by atoms with Crippen molar-refractivity contribution >= 4 is 10.9 Å². The van der Waals surface area contributed by atoms with Gasteiger partial charge in [0.05, 0.1) is 40.5 Å². The highest BCUT2D eigenvalue weighted by atomic mass is 16.3. The molecule has 4 aromatic rings. The maximum Gasteiger partial charge on any atom is 0.111 e. The van der Waals surface area contributed by atoms with Crippen LogP contribution in [0.5, 0.6) is 0 Å². The summed E-state index contributed by atoms with van der Waals surface area (Å²) in [5.41, 5.74) is 2.67. The first-order valence-electron chi connectivity index (χ1n) is 10.3. The quantitative estimate of drug-likeness (QED) is 0.516. The molecule has 0 saturated heterocycles. The Bertz CT molecular complexity index is 1270. The van der Waals surface area contributed by atoms with Crippen LogP contribution in [0.25, 0.3) is 33.7 Å². The molecule has 4 aromatic heterocycles. The van der Waals surface area contributed by atoms with Gasteiger partial charge < -0.3 is 5.11 Å². The molecule has 1 saturated carbocycles. The van der Waals surface area contributed by atoms with Gasteiger partial charge in [0.2, 0.25) is 0 Å². The summed E-state index contributed by atoms with van der Waals surface area (Å²) >= 11 is 0. The molecule has 8 nitrogen and oxygen atoms in total. The highest BCUT2D eigenvalue weighted by Crippen LogP contribution is 2.50. The van der Waals surface area contributed by atoms with Crippen molar-refractivity contribution in [3.8, 4) is 28.8 Å². The molecule has 0 amide bonds. The molecule has 0 aliphatic heterocycles. The van der Waals surface area contributed by atoms with Gasteiger partial charge in [0.25, 0.3) is 0 Å². The van der Waals surface area contributed by atoms with Gasteiger partial charge >= 0.3 is 0 Å². The zero-order chi connectivity index (χ0) is 21.6. The minimum Gasteiger partial charge on any atom is -0.390 e. The van der Waals surface area contributed by atoms with Crippen molar-refractivity contribution in [2.24, 2.45) is 5.92 Å². The van der Waals surface area contributed by atoms with Gasteiger partial charge in [-0.3, -0.25) is 14.8 Å². The molecule has 0 radical (unpaired) electrons. The fourth-order valence-electron chi connectivity index (χ4n) is 4.44. The second-order valence-corrected chi connectivity index (χ2v) is 8.86. The van der Waals surface area contributed by atoms with Crippen LogP contribution in [0.4, 0.5) is 0 Å². The molecule has 0 unspecified atom stereocenters. The van der Waals surface area contributed by atoms with Crippen molar-refractivity contribution in [2.75, 3.05) is 0 Å². The topological polar surface area (TPSA) is 116 Å². The normalized spacial score (nSPS) is 21.0. The molecular weight excluding hydrogens is 390 g/mol. The molecule has 0 bridgehead atoms. The van der Waals surface area contributed by atoms with E-state index in [-0.39, 0.29) is 5.92 Å². The van der Waals surface area contributed by atoms with Gasteiger partial charge in [0.15, 0.2) is 0 Å². The number of nitrogens with one attached hydrogen (secondary N) is 1. The van der Waals surface area contributed by atoms with Crippen molar-refractivity contribution in [3.63, 3.8) is 0 Å². The number of aromatic nitrogens is 6. The third kappa shape index (κ3) is 3.27. The smallest absolute Gasteiger partial charge is 0.111 e. The SMILES string of the molecule is CC(C)(O)C1CC(CC#N)(n2ccc(-c3nc(-c4ccn[nH]4)cc4ncccc34)n2)C1. The number of hydrogen-bond donors (Lipinski definition) is 2. The van der Waals surface area contributed by atoms with E-state index in [9.17, 15) is 10.4 Å². The fraction of sp³-hybridized carbons (Fsp3) is 0.348. The summed E-state index contributed by atoms with van der Waals surface area (Å²) in [6.07, 6.45) is 7.15. The average Bonchev–Trinajstić information content (AvgIpc) is 3.41. The number of aliphatic hydroxyl groups is 1. The van der Waals surface area contributed by atoms with Crippen molar-refractivity contribution < 1.29 is 5.11 Å². The average molecular weight is 413 g/mol. The maximum atomic E-state index is 10.4. The van der Waals surface area contributed by atoms with E-state index in [0.717, 1.165) is 46.5 Å². The summed E-state index contributed by atoms with van der Waals surface area (Å²) < 4.78 is 1.89. The van der Waals surface area contributed by atoms with Gasteiger partial charge in [-0.1, -0.05) is 0 Å². The maximum absolute atomic E-state index is 10.4. The highest BCUT2D eigenvalue weighted by Gasteiger charge is 2.51. The predicted molar refractivity (Wildman–Crippen MR) is 116 cm³/mol. The van der Waals surface area contributed by atoms with E-state index in [4.69, 9.17) is 10.1 Å². The molecule has 2 N–H and O–H groups in total. The number of fused-ring (bicyclic) bond motifs is 1. The minimum atomic E-state index is -0.767. The van der Waals surface area contributed by atoms with Crippen molar-refractivity contribution in [3.05, 3.63) is 48.9 Å². The molecule has 5 rings (SSSR count). The summed E-state index contributed by atoms with van der Waals surface area (Å²) in [4.78, 5) is 9.37. The Morgan fingerprint density at radius 2 is 2.10 bits per heavy atom. The molecule has 4 heterocycles. The Kier molecular flexibility index (Phi) is 4.38. The van der Waals surface area contributed by atoms with Gasteiger partial charge in [-0.05, 0) is 62.9 Å². The summed E-state index contributed by atoms with van der Waals surface area (Å²) in [6.45, 7) is 3.65. The summed E-state index contributed by atoms with van der Waals surface area (Å²) in [5.74, 6) is 0.139. The van der Waals surface area contributed by atoms with E-state index in [1.165, 1.54) is 0 Å². The third-order valence-electron chi connectivity index (χ3n) is 6.35. The van der Waals surface area contributed by atoms with Crippen LogP contribution in [0.2, 0.25) is 0 Å². The standard InChI is InChI=1S/C23H23N7O/c1-22(2,31)15-13-23(14-15,7-8-24)30-11-6-18(29-30)21-16-4-3-9-25-19(16)12-20(27-21)17-5-10-26-28-17/h3-6,9-12,15,31H,7,13-14H2,1-2H3,(H,26,28). The van der Waals surface area contributed by atoms with Crippen LogP contribution in [0, 0.1) is 17.2 Å². The van der Waals surface area contributed by atoms with Gasteiger partial charge in [-0.2, -0.15) is 15.5 Å². The van der Waals surface area contributed by atoms with Gasteiger partial charge in [-0.15, -0.1) is 0 Å². The van der Waals surface area contributed by atoms with E-state index in [1.807, 2.05) is 55.1 Å². The van der Waals surface area contributed by atoms with E-state index in [1.54, 1.807) is 12.4 Å². The molecule has 1 aliphatic rings. The van der Waals surface area contributed by atoms with Crippen molar-refractivity contribution in [2.45, 2.75) is 44.2 Å². The molecule has 8 heteroatoms. The van der Waals surface area contributed by atoms with Gasteiger partial charge in [-0.25, -0.2) is 4.98 Å². The fourth-order valence-corrected chi connectivity index (χ4v) is 4.44. The number of rotatable bonds is 5. The third-order valence-corrected chi connectivity index (χ3v) is 6.35. The van der Waals surface area contributed by atoms with Crippen molar-refractivity contribution in [1.29, 1.82) is 5.26 Å². The van der Waals surface area contributed by atoms with Crippen LogP contribution in [0.3, 0.4) is 0 Å². The number of H-pyrrole nitrogens is 1. The first kappa shape index (κ1) is 19.4. The lowest BCUT2D eigenvalue weighted by molar-refractivity contribution is -0.0810. The Hall–Kier alpha value is -3.57. The van der Waals surface area contributed by atoms with Gasteiger partial charge in [0, 0.05) is 24.0 Å². The molecule has 1 fully saturated rings. The van der Waals surface area contributed by atoms with Gasteiger partial charge in [0.1, 0.15) is 11.4 Å². The summed E-state index contributed by atoms with van der Waals surface area (Å²) in [5, 5.41) is 32.6. The number of pyridine rings is 2. The van der Waals surface area contributed by atoms with Crippen LogP contribution >= 0.6 is 0 Å². The van der Waals surface area contributed by atoms with Crippen molar-refractivity contribution in [1.82, 2.24) is 29.9 Å². The molecule has 156 valence electrons. The van der Waals surface area contributed by atoms with E-state index in [2.05, 4.69) is 21.3 Å². The first-order chi connectivity index (χ1) is 14.9. The lowest BCUT2D eigenvalue weighted by Crippen LogP contribution is -2.53. The van der Waals surface area contributed by atoms with Crippen LogP contribution in [-0.2, 0) is 5.54 Å². The number of nitriles is 1. The number of aromatic amines is 1. The lowest BCUT2D eigenvalue weighted by atomic mass is 9.61. The molecular formula is C23H23N7O. The monoisotopic (exact) mass is 413 g/mol. The van der Waals surface area contributed by atoms with Crippen LogP contribution in [0.15, 0.2) is 48.9 Å². The molecule has 0 spiro atoms. The Morgan fingerprint density at radius 1 is 1.26 bits per heavy atom. The van der Waals surface area contributed by atoms with E-state index >= 15 is 0 Å². The molecule has 0 aromatic carbocycles. The first-order valence-corrected chi connectivity index (χ1v) is 10.3. The number of nitrogens with zero attached hydrogens (tertiary/aromatic N) is 6. The zero-order valence-electron chi connectivity index (χ0n) is 17.4. The zero-order valence-corrected chi connectivity index (χ0v) is 17.4. The second kappa shape index (κ2) is 7.00. The Balaban J connectivity index is 1.58. The van der Waals surface area contributed by atoms with Crippen LogP contribution < -0.4 is 0 Å². The molecule has 31 heavy (non-hydrogen) atoms. The predicted octanol–water partition coefficient (Wildman–Crippen LogP) is 3.67. The lowest BCUT2D eigenvalue weighted by Gasteiger charge is -2.51. The second-order valence-electron chi connectivity index (χ2n) is 8.86. The van der Waals surface area contributed by atoms with E-state index in [0.29, 0.717) is 6.42 Å². The Morgan fingerprint density at radius 3 is 2.81 bits per heavy atom. The summed E-state index contributed by atoms with van der Waals surface area (Å²) in [6, 6.07) is 11.9. The van der Waals surface area contributed by atoms with Crippen LogP contribution in [0.1, 0.15) is 33.1 Å². The Labute approximate surface area is 179 Å². The van der Waals surface area contributed by atoms with E-state index < -0.39 is 11.1 Å². The minimum absolute atomic E-state index is 0.139. The molecule has 0 atom stereocenters. The number of hydrogen-bond acceptors (Lipinski definition) is 6.